The average molecular weight is 277 g/mol. The Kier molecular flexibility index (Phi) is 4.53. The Labute approximate surface area is 120 Å². The van der Waals surface area contributed by atoms with Gasteiger partial charge in [-0.3, -0.25) is 0 Å². The molecule has 0 amide bonds. The second kappa shape index (κ2) is 6.16. The Balaban J connectivity index is 2.17. The van der Waals surface area contributed by atoms with E-state index in [-0.39, 0.29) is 0 Å². The molecule has 3 unspecified atom stereocenters. The predicted molar refractivity (Wildman–Crippen MR) is 79.5 cm³/mol. The number of nitrogens with one attached hydrogen (secondary N) is 1. The molecule has 1 saturated carbocycles. The minimum absolute atomic E-state index is 0.303. The van der Waals surface area contributed by atoms with Crippen LogP contribution in [-0.2, 0) is 0 Å². The molecule has 2 N–H and O–H groups in total. The SMILES string of the molecule is COc1ccc(C(=O)O)c(NC2CCC(C)C(C)C2)c1. The van der Waals surface area contributed by atoms with Gasteiger partial charge in [0.2, 0.25) is 0 Å². The van der Waals surface area contributed by atoms with Gasteiger partial charge in [0.05, 0.1) is 18.4 Å². The third kappa shape index (κ3) is 3.24. The molecule has 0 aromatic heterocycles. The van der Waals surface area contributed by atoms with Crippen molar-refractivity contribution in [1.82, 2.24) is 0 Å². The molecule has 110 valence electrons. The van der Waals surface area contributed by atoms with Gasteiger partial charge in [-0.15, -0.1) is 0 Å². The maximum Gasteiger partial charge on any atom is 0.337 e. The zero-order valence-corrected chi connectivity index (χ0v) is 12.3. The number of ether oxygens (including phenoxy) is 1. The summed E-state index contributed by atoms with van der Waals surface area (Å²) < 4.78 is 5.18. The lowest BCUT2D eigenvalue weighted by Gasteiger charge is -2.33. The molecule has 0 spiro atoms. The fraction of sp³-hybridized carbons (Fsp3) is 0.562. The zero-order valence-electron chi connectivity index (χ0n) is 12.3. The molecular weight excluding hydrogens is 254 g/mol. The molecule has 0 heterocycles. The van der Waals surface area contributed by atoms with E-state index in [9.17, 15) is 9.90 Å². The summed E-state index contributed by atoms with van der Waals surface area (Å²) in [6.07, 6.45) is 3.35. The highest BCUT2D eigenvalue weighted by molar-refractivity contribution is 5.94. The fourth-order valence-corrected chi connectivity index (χ4v) is 2.85. The second-order valence-corrected chi connectivity index (χ2v) is 5.83. The molecule has 2 rings (SSSR count). The first-order valence-corrected chi connectivity index (χ1v) is 7.19. The number of rotatable bonds is 4. The van der Waals surface area contributed by atoms with Crippen molar-refractivity contribution in [3.05, 3.63) is 23.8 Å². The molecule has 0 bridgehead atoms. The first-order valence-electron chi connectivity index (χ1n) is 7.19. The number of anilines is 1. The Morgan fingerprint density at radius 3 is 2.65 bits per heavy atom. The molecular formula is C16H23NO3. The Morgan fingerprint density at radius 2 is 2.05 bits per heavy atom. The van der Waals surface area contributed by atoms with Gasteiger partial charge in [-0.2, -0.15) is 0 Å². The average Bonchev–Trinajstić information content (AvgIpc) is 2.42. The number of carboxylic acids is 1. The minimum atomic E-state index is -0.910. The van der Waals surface area contributed by atoms with Crippen molar-refractivity contribution in [2.75, 3.05) is 12.4 Å². The van der Waals surface area contributed by atoms with Crippen LogP contribution in [0.3, 0.4) is 0 Å². The highest BCUT2D eigenvalue weighted by atomic mass is 16.5. The van der Waals surface area contributed by atoms with Gasteiger partial charge in [0.1, 0.15) is 5.75 Å². The molecule has 3 atom stereocenters. The van der Waals surface area contributed by atoms with Gasteiger partial charge in [0.15, 0.2) is 0 Å². The van der Waals surface area contributed by atoms with E-state index in [1.54, 1.807) is 25.3 Å². The monoisotopic (exact) mass is 277 g/mol. The largest absolute Gasteiger partial charge is 0.497 e. The summed E-state index contributed by atoms with van der Waals surface area (Å²) in [7, 11) is 1.59. The van der Waals surface area contributed by atoms with Crippen LogP contribution in [0.1, 0.15) is 43.5 Å². The summed E-state index contributed by atoms with van der Waals surface area (Å²) in [6.45, 7) is 4.55. The molecule has 1 aliphatic carbocycles. The van der Waals surface area contributed by atoms with Crippen LogP contribution in [0.4, 0.5) is 5.69 Å². The number of hydrogen-bond donors (Lipinski definition) is 2. The van der Waals surface area contributed by atoms with E-state index in [0.717, 1.165) is 18.8 Å². The lowest BCUT2D eigenvalue weighted by Crippen LogP contribution is -2.30. The molecule has 20 heavy (non-hydrogen) atoms. The van der Waals surface area contributed by atoms with Gasteiger partial charge < -0.3 is 15.2 Å². The van der Waals surface area contributed by atoms with E-state index >= 15 is 0 Å². The van der Waals surface area contributed by atoms with Gasteiger partial charge in [0, 0.05) is 12.1 Å². The standard InChI is InChI=1S/C16H23NO3/c1-10-4-5-12(8-11(10)2)17-15-9-13(20-3)6-7-14(15)16(18)19/h6-7,9-12,17H,4-5,8H2,1-3H3,(H,18,19). The van der Waals surface area contributed by atoms with Crippen LogP contribution >= 0.6 is 0 Å². The Hall–Kier alpha value is -1.71. The summed E-state index contributed by atoms with van der Waals surface area (Å²) in [6, 6.07) is 5.39. The van der Waals surface area contributed by atoms with Gasteiger partial charge in [-0.05, 0) is 43.2 Å². The molecule has 1 fully saturated rings. The molecule has 4 heteroatoms. The maximum atomic E-state index is 11.3. The number of aromatic carboxylic acids is 1. The van der Waals surface area contributed by atoms with E-state index in [4.69, 9.17) is 4.74 Å². The predicted octanol–water partition coefficient (Wildman–Crippen LogP) is 3.63. The van der Waals surface area contributed by atoms with Gasteiger partial charge in [-0.1, -0.05) is 13.8 Å². The van der Waals surface area contributed by atoms with Crippen molar-refractivity contribution < 1.29 is 14.6 Å². The lowest BCUT2D eigenvalue weighted by atomic mass is 9.79. The fourth-order valence-electron chi connectivity index (χ4n) is 2.85. The molecule has 1 aliphatic rings. The van der Waals surface area contributed by atoms with E-state index in [2.05, 4.69) is 19.2 Å². The smallest absolute Gasteiger partial charge is 0.337 e. The Morgan fingerprint density at radius 1 is 1.30 bits per heavy atom. The van der Waals surface area contributed by atoms with Crippen LogP contribution in [0.15, 0.2) is 18.2 Å². The maximum absolute atomic E-state index is 11.3. The summed E-state index contributed by atoms with van der Waals surface area (Å²) in [5.41, 5.74) is 0.959. The summed E-state index contributed by atoms with van der Waals surface area (Å²) in [5, 5.41) is 12.7. The summed E-state index contributed by atoms with van der Waals surface area (Å²) >= 11 is 0. The minimum Gasteiger partial charge on any atom is -0.497 e. The van der Waals surface area contributed by atoms with Crippen LogP contribution in [-0.4, -0.2) is 24.2 Å². The quantitative estimate of drug-likeness (QED) is 0.882. The van der Waals surface area contributed by atoms with E-state index < -0.39 is 5.97 Å². The highest BCUT2D eigenvalue weighted by Gasteiger charge is 2.25. The second-order valence-electron chi connectivity index (χ2n) is 5.83. The topological polar surface area (TPSA) is 58.6 Å². The van der Waals surface area contributed by atoms with E-state index in [1.807, 2.05) is 0 Å². The molecule has 1 aromatic carbocycles. The van der Waals surface area contributed by atoms with Crippen LogP contribution in [0, 0.1) is 11.8 Å². The van der Waals surface area contributed by atoms with Crippen molar-refractivity contribution in [1.29, 1.82) is 0 Å². The van der Waals surface area contributed by atoms with Crippen LogP contribution in [0.25, 0.3) is 0 Å². The summed E-state index contributed by atoms with van der Waals surface area (Å²) in [5.74, 6) is 1.18. The number of carboxylic acid groups (broad SMARTS) is 1. The molecule has 0 aliphatic heterocycles. The first kappa shape index (κ1) is 14.7. The van der Waals surface area contributed by atoms with Crippen LogP contribution in [0.5, 0.6) is 5.75 Å². The van der Waals surface area contributed by atoms with Crippen molar-refractivity contribution >= 4 is 11.7 Å². The lowest BCUT2D eigenvalue weighted by molar-refractivity contribution is 0.0698. The van der Waals surface area contributed by atoms with Gasteiger partial charge >= 0.3 is 5.97 Å². The number of hydrogen-bond acceptors (Lipinski definition) is 3. The Bertz CT molecular complexity index is 487. The van der Waals surface area contributed by atoms with Crippen LogP contribution in [0.2, 0.25) is 0 Å². The molecule has 0 saturated heterocycles. The molecule has 4 nitrogen and oxygen atoms in total. The van der Waals surface area contributed by atoms with E-state index in [1.165, 1.54) is 6.42 Å². The normalized spacial score (nSPS) is 26.1. The number of methoxy groups -OCH3 is 1. The van der Waals surface area contributed by atoms with Crippen LogP contribution < -0.4 is 10.1 Å². The van der Waals surface area contributed by atoms with Crippen molar-refractivity contribution in [2.24, 2.45) is 11.8 Å². The highest BCUT2D eigenvalue weighted by Crippen LogP contribution is 2.32. The third-order valence-corrected chi connectivity index (χ3v) is 4.41. The number of carbonyl (C=O) groups is 1. The summed E-state index contributed by atoms with van der Waals surface area (Å²) in [4.78, 5) is 11.3. The zero-order chi connectivity index (χ0) is 14.7. The van der Waals surface area contributed by atoms with Crippen molar-refractivity contribution in [2.45, 2.75) is 39.2 Å². The van der Waals surface area contributed by atoms with Crippen molar-refractivity contribution in [3.8, 4) is 5.75 Å². The molecule has 0 radical (unpaired) electrons. The first-order chi connectivity index (χ1) is 9.51. The van der Waals surface area contributed by atoms with Gasteiger partial charge in [-0.25, -0.2) is 4.79 Å². The molecule has 1 aromatic rings. The van der Waals surface area contributed by atoms with Crippen molar-refractivity contribution in [3.63, 3.8) is 0 Å². The number of benzene rings is 1. The van der Waals surface area contributed by atoms with E-state index in [0.29, 0.717) is 29.0 Å². The van der Waals surface area contributed by atoms with Gasteiger partial charge in [0.25, 0.3) is 0 Å². The third-order valence-electron chi connectivity index (χ3n) is 4.41.